The standard InChI is InChI=1S/C12H14O2/c1-9-4-2-5-10(12(9)13)8-11-6-3-7-14-11/h3,6-9H,2,4-5H2,1H3/b10-8+. The van der Waals surface area contributed by atoms with E-state index in [1.807, 2.05) is 25.1 Å². The van der Waals surface area contributed by atoms with E-state index in [2.05, 4.69) is 0 Å². The zero-order chi connectivity index (χ0) is 9.97. The van der Waals surface area contributed by atoms with Crippen molar-refractivity contribution in [2.45, 2.75) is 26.2 Å². The predicted molar refractivity (Wildman–Crippen MR) is 54.7 cm³/mol. The van der Waals surface area contributed by atoms with Crippen molar-refractivity contribution in [2.75, 3.05) is 0 Å². The first-order valence-electron chi connectivity index (χ1n) is 5.05. The van der Waals surface area contributed by atoms with Gasteiger partial charge in [0.2, 0.25) is 0 Å². The minimum Gasteiger partial charge on any atom is -0.465 e. The average Bonchev–Trinajstić information content (AvgIpc) is 2.66. The smallest absolute Gasteiger partial charge is 0.161 e. The summed E-state index contributed by atoms with van der Waals surface area (Å²) in [7, 11) is 0. The molecule has 0 aliphatic heterocycles. The van der Waals surface area contributed by atoms with Crippen LogP contribution in [0.15, 0.2) is 28.4 Å². The van der Waals surface area contributed by atoms with Gasteiger partial charge in [0.25, 0.3) is 0 Å². The molecule has 1 unspecified atom stereocenters. The van der Waals surface area contributed by atoms with Crippen LogP contribution in [-0.2, 0) is 4.79 Å². The summed E-state index contributed by atoms with van der Waals surface area (Å²) in [4.78, 5) is 11.7. The third-order valence-electron chi connectivity index (χ3n) is 2.71. The van der Waals surface area contributed by atoms with Gasteiger partial charge in [0.1, 0.15) is 5.76 Å². The third kappa shape index (κ3) is 1.79. The van der Waals surface area contributed by atoms with E-state index in [1.165, 1.54) is 0 Å². The van der Waals surface area contributed by atoms with E-state index in [0.29, 0.717) is 0 Å². The summed E-state index contributed by atoms with van der Waals surface area (Å²) in [6.45, 7) is 2.00. The van der Waals surface area contributed by atoms with Crippen molar-refractivity contribution >= 4 is 11.9 Å². The lowest BCUT2D eigenvalue weighted by Gasteiger charge is -2.18. The molecule has 1 aliphatic rings. The third-order valence-corrected chi connectivity index (χ3v) is 2.71. The van der Waals surface area contributed by atoms with Crippen LogP contribution in [0.1, 0.15) is 31.9 Å². The second-order valence-electron chi connectivity index (χ2n) is 3.84. The Labute approximate surface area is 83.6 Å². The lowest BCUT2D eigenvalue weighted by Crippen LogP contribution is -2.18. The van der Waals surface area contributed by atoms with E-state index >= 15 is 0 Å². The normalized spacial score (nSPS) is 25.6. The quantitative estimate of drug-likeness (QED) is 0.637. The molecule has 0 spiro atoms. The summed E-state index contributed by atoms with van der Waals surface area (Å²) in [6, 6.07) is 3.71. The minimum atomic E-state index is 0.185. The van der Waals surface area contributed by atoms with Gasteiger partial charge in [-0.2, -0.15) is 0 Å². The first-order chi connectivity index (χ1) is 6.77. The average molecular weight is 190 g/mol. The maximum Gasteiger partial charge on any atom is 0.161 e. The molecule has 0 aromatic carbocycles. The number of ketones is 1. The van der Waals surface area contributed by atoms with Gasteiger partial charge in [0.05, 0.1) is 6.26 Å². The van der Waals surface area contributed by atoms with Crippen LogP contribution in [0.3, 0.4) is 0 Å². The molecule has 1 saturated carbocycles. The molecule has 0 saturated heterocycles. The SMILES string of the molecule is CC1CCC/C(=C\c2ccco2)C1=O. The van der Waals surface area contributed by atoms with Gasteiger partial charge in [-0.3, -0.25) is 4.79 Å². The molecule has 2 heteroatoms. The summed E-state index contributed by atoms with van der Waals surface area (Å²) in [5.41, 5.74) is 0.915. The van der Waals surface area contributed by atoms with Gasteiger partial charge in [-0.25, -0.2) is 0 Å². The zero-order valence-electron chi connectivity index (χ0n) is 8.32. The molecule has 74 valence electrons. The fraction of sp³-hybridized carbons (Fsp3) is 0.417. The van der Waals surface area contributed by atoms with Crippen molar-refractivity contribution in [1.82, 2.24) is 0 Å². The Balaban J connectivity index is 2.21. The van der Waals surface area contributed by atoms with Crippen LogP contribution in [0.5, 0.6) is 0 Å². The van der Waals surface area contributed by atoms with Crippen LogP contribution in [0, 0.1) is 5.92 Å². The summed E-state index contributed by atoms with van der Waals surface area (Å²) in [6.07, 6.45) is 6.53. The highest BCUT2D eigenvalue weighted by Gasteiger charge is 2.22. The first-order valence-corrected chi connectivity index (χ1v) is 5.05. The van der Waals surface area contributed by atoms with Crippen molar-refractivity contribution in [2.24, 2.45) is 5.92 Å². The van der Waals surface area contributed by atoms with Crippen molar-refractivity contribution in [3.05, 3.63) is 29.7 Å². The molecule has 1 atom stereocenters. The molecule has 2 nitrogen and oxygen atoms in total. The van der Waals surface area contributed by atoms with Crippen molar-refractivity contribution in [3.8, 4) is 0 Å². The molecule has 14 heavy (non-hydrogen) atoms. The highest BCUT2D eigenvalue weighted by molar-refractivity contribution is 6.01. The van der Waals surface area contributed by atoms with E-state index in [0.717, 1.165) is 30.6 Å². The molecule has 1 aromatic heterocycles. The highest BCUT2D eigenvalue weighted by atomic mass is 16.3. The summed E-state index contributed by atoms with van der Waals surface area (Å²) < 4.78 is 5.19. The fourth-order valence-corrected chi connectivity index (χ4v) is 1.86. The molecular formula is C12H14O2. The number of rotatable bonds is 1. The van der Waals surface area contributed by atoms with E-state index in [1.54, 1.807) is 6.26 Å². The van der Waals surface area contributed by atoms with E-state index in [9.17, 15) is 4.79 Å². The summed E-state index contributed by atoms with van der Waals surface area (Å²) in [5.74, 6) is 1.25. The number of furan rings is 1. The van der Waals surface area contributed by atoms with Crippen LogP contribution < -0.4 is 0 Å². The zero-order valence-corrected chi connectivity index (χ0v) is 8.32. The monoisotopic (exact) mass is 190 g/mol. The first kappa shape index (κ1) is 9.25. The lowest BCUT2D eigenvalue weighted by molar-refractivity contribution is -0.119. The Morgan fingerprint density at radius 3 is 3.14 bits per heavy atom. The molecule has 0 bridgehead atoms. The Kier molecular flexibility index (Phi) is 2.53. The van der Waals surface area contributed by atoms with Crippen LogP contribution in [-0.4, -0.2) is 5.78 Å². The number of Topliss-reactive ketones (excluding diaryl/α,β-unsaturated/α-hetero) is 1. The van der Waals surface area contributed by atoms with Gasteiger partial charge in [-0.15, -0.1) is 0 Å². The van der Waals surface area contributed by atoms with Gasteiger partial charge >= 0.3 is 0 Å². The van der Waals surface area contributed by atoms with Crippen molar-refractivity contribution in [3.63, 3.8) is 0 Å². The second-order valence-corrected chi connectivity index (χ2v) is 3.84. The van der Waals surface area contributed by atoms with Crippen LogP contribution in [0.25, 0.3) is 6.08 Å². The van der Waals surface area contributed by atoms with Gasteiger partial charge in [0.15, 0.2) is 5.78 Å². The summed E-state index contributed by atoms with van der Waals surface area (Å²) in [5, 5.41) is 0. The number of carbonyl (C=O) groups excluding carboxylic acids is 1. The number of carbonyl (C=O) groups is 1. The largest absolute Gasteiger partial charge is 0.465 e. The number of hydrogen-bond acceptors (Lipinski definition) is 2. The Bertz CT molecular complexity index is 346. The van der Waals surface area contributed by atoms with Crippen LogP contribution >= 0.6 is 0 Å². The molecule has 2 rings (SSSR count). The minimum absolute atomic E-state index is 0.185. The Morgan fingerprint density at radius 2 is 2.43 bits per heavy atom. The molecule has 1 fully saturated rings. The van der Waals surface area contributed by atoms with Gasteiger partial charge in [-0.05, 0) is 43.0 Å². The van der Waals surface area contributed by atoms with Gasteiger partial charge in [0, 0.05) is 5.92 Å². The summed E-state index contributed by atoms with van der Waals surface area (Å²) >= 11 is 0. The molecule has 1 aliphatic carbocycles. The lowest BCUT2D eigenvalue weighted by atomic mass is 9.85. The van der Waals surface area contributed by atoms with Gasteiger partial charge < -0.3 is 4.42 Å². The fourth-order valence-electron chi connectivity index (χ4n) is 1.86. The molecule has 1 heterocycles. The van der Waals surface area contributed by atoms with Crippen LogP contribution in [0.4, 0.5) is 0 Å². The second kappa shape index (κ2) is 3.82. The Morgan fingerprint density at radius 1 is 1.57 bits per heavy atom. The maximum absolute atomic E-state index is 11.7. The maximum atomic E-state index is 11.7. The molecule has 0 amide bonds. The topological polar surface area (TPSA) is 30.2 Å². The molecule has 0 N–H and O–H groups in total. The number of allylic oxidation sites excluding steroid dienone is 1. The van der Waals surface area contributed by atoms with Crippen molar-refractivity contribution in [1.29, 1.82) is 0 Å². The molecule has 1 aromatic rings. The van der Waals surface area contributed by atoms with Gasteiger partial charge in [-0.1, -0.05) is 6.92 Å². The van der Waals surface area contributed by atoms with Crippen molar-refractivity contribution < 1.29 is 9.21 Å². The number of hydrogen-bond donors (Lipinski definition) is 0. The molecular weight excluding hydrogens is 176 g/mol. The molecule has 0 radical (unpaired) electrons. The van der Waals surface area contributed by atoms with E-state index < -0.39 is 0 Å². The van der Waals surface area contributed by atoms with E-state index in [-0.39, 0.29) is 11.7 Å². The Hall–Kier alpha value is -1.31. The highest BCUT2D eigenvalue weighted by Crippen LogP contribution is 2.26. The van der Waals surface area contributed by atoms with E-state index in [4.69, 9.17) is 4.42 Å². The van der Waals surface area contributed by atoms with Crippen LogP contribution in [0.2, 0.25) is 0 Å². The predicted octanol–water partition coefficient (Wildman–Crippen LogP) is 3.05.